The van der Waals surface area contributed by atoms with Gasteiger partial charge in [0.1, 0.15) is 0 Å². The molecule has 0 fully saturated rings. The second-order valence-corrected chi connectivity index (χ2v) is 18.9. The number of carbonyl (C=O) groups is 2. The molecule has 63 heavy (non-hydrogen) atoms. The maximum absolute atomic E-state index is 12.4. The second-order valence-electron chi connectivity index (χ2n) is 18.9. The molecule has 0 aliphatic carbocycles. The highest BCUT2D eigenvalue weighted by Crippen LogP contribution is 2.16. The molecule has 0 spiro atoms. The predicted molar refractivity (Wildman–Crippen MR) is 273 cm³/mol. The Morgan fingerprint density at radius 2 is 0.794 bits per heavy atom. The minimum Gasteiger partial charge on any atom is -0.466 e. The highest BCUT2D eigenvalue weighted by Gasteiger charge is 2.20. The summed E-state index contributed by atoms with van der Waals surface area (Å²) in [5.74, 6) is -0.0456. The van der Waals surface area contributed by atoms with Crippen LogP contribution < -0.4 is 5.32 Å². The van der Waals surface area contributed by atoms with Crippen molar-refractivity contribution in [3.63, 3.8) is 0 Å². The topological polar surface area (TPSA) is 95.9 Å². The number of amides is 1. The van der Waals surface area contributed by atoms with Crippen molar-refractivity contribution in [3.8, 4) is 0 Å². The monoisotopic (exact) mass is 886 g/mol. The number of hydrogen-bond donors (Lipinski definition) is 3. The minimum atomic E-state index is -0.666. The van der Waals surface area contributed by atoms with Gasteiger partial charge in [0.15, 0.2) is 0 Å². The standard InChI is InChI=1S/C57H107NO5/c1-3-5-7-9-11-13-14-31-35-39-43-47-51-57(62)63-52-48-44-40-36-32-29-27-25-23-21-19-17-15-16-18-20-22-24-26-28-30-34-38-42-46-50-56(61)58-54(53-59)55(60)49-45-41-37-33-12-10-8-6-4-2/h11,13,16-19,54-55,59-60H,3-10,12,14-15,20-53H2,1-2H3,(H,58,61)/b13-11-,18-16-,19-17-. The van der Waals surface area contributed by atoms with Crippen molar-refractivity contribution in [1.82, 2.24) is 5.32 Å². The molecule has 0 bridgehead atoms. The average Bonchev–Trinajstić information content (AvgIpc) is 3.28. The summed E-state index contributed by atoms with van der Waals surface area (Å²) in [4.78, 5) is 24.4. The van der Waals surface area contributed by atoms with Crippen molar-refractivity contribution in [3.05, 3.63) is 36.5 Å². The molecular formula is C57H107NO5. The summed E-state index contributed by atoms with van der Waals surface area (Å²) in [6, 6.07) is -0.544. The van der Waals surface area contributed by atoms with Crippen molar-refractivity contribution in [2.24, 2.45) is 0 Å². The number of allylic oxidation sites excluding steroid dienone is 6. The van der Waals surface area contributed by atoms with Crippen LogP contribution >= 0.6 is 0 Å². The molecule has 0 aromatic heterocycles. The lowest BCUT2D eigenvalue weighted by Gasteiger charge is -2.22. The van der Waals surface area contributed by atoms with Gasteiger partial charge in [-0.05, 0) is 83.5 Å². The van der Waals surface area contributed by atoms with E-state index in [0.29, 0.717) is 25.9 Å². The number of unbranched alkanes of at least 4 members (excludes halogenated alkanes) is 34. The maximum atomic E-state index is 12.4. The number of aliphatic hydroxyl groups excluding tert-OH is 2. The van der Waals surface area contributed by atoms with E-state index in [1.807, 2.05) is 0 Å². The van der Waals surface area contributed by atoms with Gasteiger partial charge in [-0.15, -0.1) is 0 Å². The van der Waals surface area contributed by atoms with Crippen LogP contribution in [0.4, 0.5) is 0 Å². The first-order valence-electron chi connectivity index (χ1n) is 27.7. The SMILES string of the molecule is CCCCC/C=C\CCCCCCCC(=O)OCCCCCCCCCCC/C=C\C/C=C\CCCCCCCCCCCC(=O)NC(CO)C(O)CCCCCCCCCCC. The average molecular weight is 886 g/mol. The van der Waals surface area contributed by atoms with Crippen LogP contribution in [0.15, 0.2) is 36.5 Å². The van der Waals surface area contributed by atoms with Crippen LogP contribution in [-0.4, -0.2) is 47.4 Å². The molecule has 2 atom stereocenters. The fourth-order valence-corrected chi connectivity index (χ4v) is 8.37. The lowest BCUT2D eigenvalue weighted by atomic mass is 10.0. The fraction of sp³-hybridized carbons (Fsp3) is 0.860. The number of carbonyl (C=O) groups excluding carboxylic acids is 2. The zero-order valence-corrected chi connectivity index (χ0v) is 42.1. The van der Waals surface area contributed by atoms with Crippen LogP contribution in [0.2, 0.25) is 0 Å². The zero-order chi connectivity index (χ0) is 45.8. The molecule has 0 aromatic carbocycles. The van der Waals surface area contributed by atoms with Crippen LogP contribution in [-0.2, 0) is 14.3 Å². The molecule has 3 N–H and O–H groups in total. The summed E-state index contributed by atoms with van der Waals surface area (Å²) < 4.78 is 5.45. The Morgan fingerprint density at radius 1 is 0.444 bits per heavy atom. The summed E-state index contributed by atoms with van der Waals surface area (Å²) in [7, 11) is 0. The lowest BCUT2D eigenvalue weighted by molar-refractivity contribution is -0.143. The van der Waals surface area contributed by atoms with Gasteiger partial charge in [0, 0.05) is 12.8 Å². The first-order chi connectivity index (χ1) is 31.0. The van der Waals surface area contributed by atoms with Gasteiger partial charge < -0.3 is 20.3 Å². The number of rotatable bonds is 51. The van der Waals surface area contributed by atoms with E-state index in [0.717, 1.165) is 51.4 Å². The van der Waals surface area contributed by atoms with Crippen LogP contribution in [0.1, 0.15) is 290 Å². The molecule has 370 valence electrons. The van der Waals surface area contributed by atoms with Gasteiger partial charge in [0.05, 0.1) is 25.4 Å². The van der Waals surface area contributed by atoms with Crippen LogP contribution in [0.25, 0.3) is 0 Å². The Kier molecular flexibility index (Phi) is 51.1. The van der Waals surface area contributed by atoms with Crippen molar-refractivity contribution in [1.29, 1.82) is 0 Å². The number of hydrogen-bond acceptors (Lipinski definition) is 5. The maximum Gasteiger partial charge on any atom is 0.305 e. The Bertz CT molecular complexity index is 1020. The van der Waals surface area contributed by atoms with Gasteiger partial charge in [-0.1, -0.05) is 230 Å². The molecule has 0 aliphatic heterocycles. The first kappa shape index (κ1) is 61.1. The van der Waals surface area contributed by atoms with Crippen LogP contribution in [0.3, 0.4) is 0 Å². The largest absolute Gasteiger partial charge is 0.466 e. The van der Waals surface area contributed by atoms with E-state index in [9.17, 15) is 19.8 Å². The summed E-state index contributed by atoms with van der Waals surface area (Å²) in [6.45, 7) is 4.90. The molecule has 0 radical (unpaired) electrons. The van der Waals surface area contributed by atoms with Crippen molar-refractivity contribution in [2.45, 2.75) is 302 Å². The molecular weight excluding hydrogens is 779 g/mol. The molecule has 0 aliphatic rings. The number of esters is 1. The summed E-state index contributed by atoms with van der Waals surface area (Å²) in [5, 5.41) is 23.1. The van der Waals surface area contributed by atoms with Gasteiger partial charge in [0.2, 0.25) is 5.91 Å². The third-order valence-corrected chi connectivity index (χ3v) is 12.7. The van der Waals surface area contributed by atoms with E-state index >= 15 is 0 Å². The van der Waals surface area contributed by atoms with Crippen molar-refractivity contribution in [2.75, 3.05) is 13.2 Å². The van der Waals surface area contributed by atoms with Gasteiger partial charge in [0.25, 0.3) is 0 Å². The molecule has 0 saturated carbocycles. The third-order valence-electron chi connectivity index (χ3n) is 12.7. The molecule has 1 amide bonds. The number of nitrogens with one attached hydrogen (secondary N) is 1. The molecule has 6 heteroatoms. The third kappa shape index (κ3) is 49.4. The quantitative estimate of drug-likeness (QED) is 0.0321. The number of ether oxygens (including phenoxy) is 1. The highest BCUT2D eigenvalue weighted by atomic mass is 16.5. The van der Waals surface area contributed by atoms with Crippen LogP contribution in [0.5, 0.6) is 0 Å². The van der Waals surface area contributed by atoms with E-state index in [4.69, 9.17) is 4.74 Å². The van der Waals surface area contributed by atoms with Gasteiger partial charge in [-0.3, -0.25) is 9.59 Å². The summed E-state index contributed by atoms with van der Waals surface area (Å²) in [6.07, 6.45) is 64.3. The van der Waals surface area contributed by atoms with Crippen molar-refractivity contribution >= 4 is 11.9 Å². The first-order valence-corrected chi connectivity index (χ1v) is 27.7. The fourth-order valence-electron chi connectivity index (χ4n) is 8.37. The molecule has 2 unspecified atom stereocenters. The minimum absolute atomic E-state index is 0.00169. The van der Waals surface area contributed by atoms with Crippen LogP contribution in [0, 0.1) is 0 Å². The highest BCUT2D eigenvalue weighted by molar-refractivity contribution is 5.76. The predicted octanol–water partition coefficient (Wildman–Crippen LogP) is 16.9. The van der Waals surface area contributed by atoms with Gasteiger partial charge in [-0.25, -0.2) is 0 Å². The molecule has 0 heterocycles. The molecule has 6 nitrogen and oxygen atoms in total. The van der Waals surface area contributed by atoms with Crippen molar-refractivity contribution < 1.29 is 24.5 Å². The van der Waals surface area contributed by atoms with E-state index in [1.165, 1.54) is 205 Å². The van der Waals surface area contributed by atoms with Gasteiger partial charge in [-0.2, -0.15) is 0 Å². The Morgan fingerprint density at radius 3 is 1.25 bits per heavy atom. The molecule has 0 rings (SSSR count). The van der Waals surface area contributed by atoms with E-state index in [1.54, 1.807) is 0 Å². The summed E-state index contributed by atoms with van der Waals surface area (Å²) in [5.41, 5.74) is 0. The number of aliphatic hydroxyl groups is 2. The zero-order valence-electron chi connectivity index (χ0n) is 42.1. The van der Waals surface area contributed by atoms with E-state index in [2.05, 4.69) is 55.6 Å². The second kappa shape index (κ2) is 52.7. The summed E-state index contributed by atoms with van der Waals surface area (Å²) >= 11 is 0. The van der Waals surface area contributed by atoms with E-state index in [-0.39, 0.29) is 18.5 Å². The Balaban J connectivity index is 3.42. The lowest BCUT2D eigenvalue weighted by Crippen LogP contribution is -2.45. The Labute approximate surface area is 392 Å². The normalized spacial score (nSPS) is 12.9. The molecule has 0 aromatic rings. The van der Waals surface area contributed by atoms with Gasteiger partial charge >= 0.3 is 5.97 Å². The Hall–Kier alpha value is -1.92. The molecule has 0 saturated heterocycles. The smallest absolute Gasteiger partial charge is 0.305 e. The van der Waals surface area contributed by atoms with E-state index < -0.39 is 12.1 Å².